The molecule has 0 aliphatic heterocycles. The monoisotopic (exact) mass is 244 g/mol. The van der Waals surface area contributed by atoms with Crippen LogP contribution in [0.1, 0.15) is 11.8 Å². The standard InChI is InChI=1S/C7H8ClF3N2O2/c8-2-1-5-12-13-6(15-5)3-14-4-7(9,10)11/h1-4H2. The highest BCUT2D eigenvalue weighted by Gasteiger charge is 2.27. The van der Waals surface area contributed by atoms with Crippen LogP contribution < -0.4 is 0 Å². The van der Waals surface area contributed by atoms with Crippen molar-refractivity contribution in [3.8, 4) is 0 Å². The van der Waals surface area contributed by atoms with E-state index in [1.165, 1.54) is 0 Å². The number of ether oxygens (including phenoxy) is 1. The molecule has 1 heterocycles. The van der Waals surface area contributed by atoms with Crippen molar-refractivity contribution in [2.75, 3.05) is 12.5 Å². The van der Waals surface area contributed by atoms with Crippen LogP contribution in [0.5, 0.6) is 0 Å². The molecule has 0 aromatic carbocycles. The van der Waals surface area contributed by atoms with Gasteiger partial charge < -0.3 is 9.15 Å². The first-order chi connectivity index (χ1) is 7.01. The van der Waals surface area contributed by atoms with Gasteiger partial charge >= 0.3 is 6.18 Å². The lowest BCUT2D eigenvalue weighted by molar-refractivity contribution is -0.177. The number of aryl methyl sites for hydroxylation is 1. The number of halogens is 4. The molecule has 0 amide bonds. The molecule has 0 saturated carbocycles. The van der Waals surface area contributed by atoms with Gasteiger partial charge in [-0.2, -0.15) is 13.2 Å². The molecule has 0 spiro atoms. The molecule has 0 aliphatic carbocycles. The minimum absolute atomic E-state index is 0.0133. The van der Waals surface area contributed by atoms with Gasteiger partial charge in [0.15, 0.2) is 0 Å². The second kappa shape index (κ2) is 5.32. The maximum Gasteiger partial charge on any atom is 0.411 e. The Morgan fingerprint density at radius 1 is 1.27 bits per heavy atom. The third-order valence-electron chi connectivity index (χ3n) is 1.31. The molecule has 0 radical (unpaired) electrons. The van der Waals surface area contributed by atoms with Crippen molar-refractivity contribution in [2.45, 2.75) is 19.2 Å². The van der Waals surface area contributed by atoms with E-state index in [0.717, 1.165) is 0 Å². The van der Waals surface area contributed by atoms with Crippen LogP contribution in [-0.2, 0) is 17.8 Å². The van der Waals surface area contributed by atoms with Crippen molar-refractivity contribution in [3.63, 3.8) is 0 Å². The Hall–Kier alpha value is -0.820. The van der Waals surface area contributed by atoms with Crippen LogP contribution in [0, 0.1) is 0 Å². The quantitative estimate of drug-likeness (QED) is 0.743. The first-order valence-corrected chi connectivity index (χ1v) is 4.56. The summed E-state index contributed by atoms with van der Waals surface area (Å²) >= 11 is 5.40. The zero-order valence-corrected chi connectivity index (χ0v) is 8.31. The summed E-state index contributed by atoms with van der Waals surface area (Å²) in [5, 5.41) is 7.05. The van der Waals surface area contributed by atoms with E-state index in [1.54, 1.807) is 0 Å². The summed E-state index contributed by atoms with van der Waals surface area (Å²) in [5.41, 5.74) is 0. The highest BCUT2D eigenvalue weighted by molar-refractivity contribution is 6.17. The molecule has 15 heavy (non-hydrogen) atoms. The minimum Gasteiger partial charge on any atom is -0.423 e. The predicted octanol–water partition coefficient (Wildman–Crippen LogP) is 1.93. The van der Waals surface area contributed by atoms with E-state index in [4.69, 9.17) is 16.0 Å². The van der Waals surface area contributed by atoms with Gasteiger partial charge in [-0.25, -0.2) is 0 Å². The van der Waals surface area contributed by atoms with E-state index in [-0.39, 0.29) is 18.4 Å². The molecule has 86 valence electrons. The lowest BCUT2D eigenvalue weighted by Crippen LogP contribution is -2.16. The highest BCUT2D eigenvalue weighted by atomic mass is 35.5. The van der Waals surface area contributed by atoms with Gasteiger partial charge in [0.2, 0.25) is 11.8 Å². The first-order valence-electron chi connectivity index (χ1n) is 4.03. The molecule has 0 aliphatic rings. The molecular weight excluding hydrogens is 237 g/mol. The lowest BCUT2D eigenvalue weighted by Gasteiger charge is -2.04. The number of aromatic nitrogens is 2. The maximum absolute atomic E-state index is 11.7. The van der Waals surface area contributed by atoms with Gasteiger partial charge in [-0.1, -0.05) is 0 Å². The smallest absolute Gasteiger partial charge is 0.411 e. The van der Waals surface area contributed by atoms with Crippen molar-refractivity contribution in [1.82, 2.24) is 10.2 Å². The van der Waals surface area contributed by atoms with Crippen molar-refractivity contribution in [2.24, 2.45) is 0 Å². The number of hydrogen-bond donors (Lipinski definition) is 0. The second-order valence-electron chi connectivity index (χ2n) is 2.64. The average Bonchev–Trinajstić information content (AvgIpc) is 2.51. The third kappa shape index (κ3) is 4.98. The van der Waals surface area contributed by atoms with E-state index < -0.39 is 12.8 Å². The van der Waals surface area contributed by atoms with E-state index in [9.17, 15) is 13.2 Å². The highest BCUT2D eigenvalue weighted by Crippen LogP contribution is 2.15. The molecule has 8 heteroatoms. The fourth-order valence-corrected chi connectivity index (χ4v) is 0.944. The molecule has 0 unspecified atom stereocenters. The summed E-state index contributed by atoms with van der Waals surface area (Å²) in [6.45, 7) is -1.69. The number of nitrogens with zero attached hydrogens (tertiary/aromatic N) is 2. The van der Waals surface area contributed by atoms with Crippen molar-refractivity contribution in [1.29, 1.82) is 0 Å². The fraction of sp³-hybridized carbons (Fsp3) is 0.714. The Bertz CT molecular complexity index is 303. The van der Waals surface area contributed by atoms with Crippen LogP contribution >= 0.6 is 11.6 Å². The number of alkyl halides is 4. The summed E-state index contributed by atoms with van der Waals surface area (Å²) in [7, 11) is 0. The fourth-order valence-electron chi connectivity index (χ4n) is 0.783. The summed E-state index contributed by atoms with van der Waals surface area (Å²) in [5.74, 6) is 0.611. The number of rotatable bonds is 5. The van der Waals surface area contributed by atoms with Crippen LogP contribution in [-0.4, -0.2) is 28.9 Å². The second-order valence-corrected chi connectivity index (χ2v) is 3.01. The van der Waals surface area contributed by atoms with E-state index in [0.29, 0.717) is 12.3 Å². The zero-order chi connectivity index (χ0) is 11.3. The molecule has 0 bridgehead atoms. The van der Waals surface area contributed by atoms with Crippen molar-refractivity contribution >= 4 is 11.6 Å². The van der Waals surface area contributed by atoms with E-state index >= 15 is 0 Å². The summed E-state index contributed by atoms with van der Waals surface area (Å²) in [6.07, 6.45) is -3.97. The molecule has 1 aromatic rings. The normalized spacial score (nSPS) is 12.0. The van der Waals surface area contributed by atoms with E-state index in [1.807, 2.05) is 0 Å². The van der Waals surface area contributed by atoms with Gasteiger partial charge in [-0.05, 0) is 0 Å². The Morgan fingerprint density at radius 3 is 2.53 bits per heavy atom. The van der Waals surface area contributed by atoms with Crippen LogP contribution in [0.2, 0.25) is 0 Å². The maximum atomic E-state index is 11.7. The van der Waals surface area contributed by atoms with Crippen LogP contribution in [0.4, 0.5) is 13.2 Å². The summed E-state index contributed by atoms with van der Waals surface area (Å²) < 4.78 is 44.3. The number of hydrogen-bond acceptors (Lipinski definition) is 4. The molecule has 0 saturated heterocycles. The average molecular weight is 245 g/mol. The Labute approximate surface area is 88.4 Å². The van der Waals surface area contributed by atoms with Gasteiger partial charge in [0.1, 0.15) is 13.2 Å². The molecule has 0 atom stereocenters. The molecular formula is C7H8ClF3N2O2. The van der Waals surface area contributed by atoms with Gasteiger partial charge in [0.25, 0.3) is 0 Å². The third-order valence-corrected chi connectivity index (χ3v) is 1.50. The minimum atomic E-state index is -4.35. The van der Waals surface area contributed by atoms with Crippen molar-refractivity contribution < 1.29 is 22.3 Å². The summed E-state index contributed by atoms with van der Waals surface area (Å²) in [6, 6.07) is 0. The molecule has 4 nitrogen and oxygen atoms in total. The zero-order valence-electron chi connectivity index (χ0n) is 7.55. The first kappa shape index (κ1) is 12.3. The lowest BCUT2D eigenvalue weighted by atomic mass is 10.5. The Balaban J connectivity index is 2.31. The van der Waals surface area contributed by atoms with Crippen LogP contribution in [0.25, 0.3) is 0 Å². The summed E-state index contributed by atoms with van der Waals surface area (Å²) in [4.78, 5) is 0. The van der Waals surface area contributed by atoms with Gasteiger partial charge in [-0.15, -0.1) is 21.8 Å². The van der Waals surface area contributed by atoms with Gasteiger partial charge in [0, 0.05) is 12.3 Å². The Kier molecular flexibility index (Phi) is 4.34. The molecule has 0 fully saturated rings. The topological polar surface area (TPSA) is 48.2 Å². The van der Waals surface area contributed by atoms with Gasteiger partial charge in [-0.3, -0.25) is 0 Å². The SMILES string of the molecule is FC(F)(F)COCc1nnc(CCCl)o1. The predicted molar refractivity (Wildman–Crippen MR) is 44.4 cm³/mol. The molecule has 0 N–H and O–H groups in total. The largest absolute Gasteiger partial charge is 0.423 e. The van der Waals surface area contributed by atoms with E-state index in [2.05, 4.69) is 14.9 Å². The molecule has 1 aromatic heterocycles. The van der Waals surface area contributed by atoms with Gasteiger partial charge in [0.05, 0.1) is 0 Å². The van der Waals surface area contributed by atoms with Crippen LogP contribution in [0.15, 0.2) is 4.42 Å². The Morgan fingerprint density at radius 2 is 1.93 bits per heavy atom. The van der Waals surface area contributed by atoms with Crippen LogP contribution in [0.3, 0.4) is 0 Å². The molecule has 1 rings (SSSR count). The van der Waals surface area contributed by atoms with Crippen molar-refractivity contribution in [3.05, 3.63) is 11.8 Å².